The van der Waals surface area contributed by atoms with Crippen molar-refractivity contribution in [1.29, 1.82) is 0 Å². The molecule has 4 heterocycles. The molecule has 0 fully saturated rings. The lowest BCUT2D eigenvalue weighted by Crippen LogP contribution is -2.43. The number of hydrogen-bond acceptors (Lipinski definition) is 5. The van der Waals surface area contributed by atoms with Gasteiger partial charge in [0.25, 0.3) is 5.56 Å². The number of esters is 1. The maximum atomic E-state index is 13.2. The number of pyridine rings is 2. The second-order valence-electron chi connectivity index (χ2n) is 7.15. The molecule has 2 aliphatic rings. The van der Waals surface area contributed by atoms with Crippen molar-refractivity contribution >= 4 is 16.9 Å². The topological polar surface area (TPSA) is 81.4 Å². The van der Waals surface area contributed by atoms with Crippen molar-refractivity contribution in [2.45, 2.75) is 32.1 Å². The van der Waals surface area contributed by atoms with E-state index in [0.717, 1.165) is 40.2 Å². The van der Waals surface area contributed by atoms with E-state index >= 15 is 0 Å². The van der Waals surface area contributed by atoms with Crippen LogP contribution in [0, 0.1) is 0 Å². The van der Waals surface area contributed by atoms with Crippen LogP contribution in [0.2, 0.25) is 0 Å². The predicted molar refractivity (Wildman–Crippen MR) is 104 cm³/mol. The van der Waals surface area contributed by atoms with E-state index in [2.05, 4.69) is 13.5 Å². The number of cyclic esters (lactones) is 1. The Labute approximate surface area is 160 Å². The van der Waals surface area contributed by atoms with Crippen LogP contribution in [0.15, 0.2) is 47.8 Å². The summed E-state index contributed by atoms with van der Waals surface area (Å²) in [6.45, 7) is 5.91. The van der Waals surface area contributed by atoms with Crippen LogP contribution in [0.3, 0.4) is 0 Å². The molecular weight excluding hydrogens is 356 g/mol. The Kier molecular flexibility index (Phi) is 3.39. The fourth-order valence-electron chi connectivity index (χ4n) is 4.34. The highest BCUT2D eigenvalue weighted by molar-refractivity contribution is 5.89. The molecule has 0 saturated heterocycles. The van der Waals surface area contributed by atoms with Crippen molar-refractivity contribution in [1.82, 2.24) is 9.55 Å². The van der Waals surface area contributed by atoms with Gasteiger partial charge >= 0.3 is 5.97 Å². The lowest BCUT2D eigenvalue weighted by Gasteiger charge is -2.30. The van der Waals surface area contributed by atoms with Gasteiger partial charge in [0.1, 0.15) is 6.61 Å². The Morgan fingerprint density at radius 2 is 2.11 bits per heavy atom. The minimum absolute atomic E-state index is 0.157. The fraction of sp³-hybridized carbons (Fsp3) is 0.227. The molecule has 0 saturated carbocycles. The van der Waals surface area contributed by atoms with Gasteiger partial charge in [0.2, 0.25) is 5.60 Å². The van der Waals surface area contributed by atoms with E-state index in [9.17, 15) is 14.7 Å². The Balaban J connectivity index is 1.86. The molecule has 5 rings (SSSR count). The summed E-state index contributed by atoms with van der Waals surface area (Å²) in [7, 11) is 0. The second-order valence-corrected chi connectivity index (χ2v) is 7.15. The maximum Gasteiger partial charge on any atom is 0.347 e. The molecule has 0 amide bonds. The minimum Gasteiger partial charge on any atom is -0.458 e. The fourth-order valence-corrected chi connectivity index (χ4v) is 4.34. The molecule has 28 heavy (non-hydrogen) atoms. The zero-order valence-corrected chi connectivity index (χ0v) is 15.4. The number of benzene rings is 1. The van der Waals surface area contributed by atoms with Crippen molar-refractivity contribution in [3.8, 4) is 11.4 Å². The average Bonchev–Trinajstić information content (AvgIpc) is 3.08. The van der Waals surface area contributed by atoms with Gasteiger partial charge < -0.3 is 14.4 Å². The van der Waals surface area contributed by atoms with Gasteiger partial charge in [-0.3, -0.25) is 4.79 Å². The zero-order valence-electron chi connectivity index (χ0n) is 15.4. The summed E-state index contributed by atoms with van der Waals surface area (Å²) in [6.07, 6.45) is 1.93. The number of carbonyl (C=O) groups excluding carboxylic acids is 1. The largest absolute Gasteiger partial charge is 0.458 e. The highest BCUT2D eigenvalue weighted by Crippen LogP contribution is 2.39. The molecule has 0 bridgehead atoms. The third-order valence-electron chi connectivity index (χ3n) is 5.79. The Morgan fingerprint density at radius 3 is 2.86 bits per heavy atom. The van der Waals surface area contributed by atoms with Gasteiger partial charge in [0, 0.05) is 16.5 Å². The van der Waals surface area contributed by atoms with Crippen LogP contribution >= 0.6 is 0 Å². The predicted octanol–water partition coefficient (Wildman–Crippen LogP) is 2.42. The van der Waals surface area contributed by atoms with Crippen molar-refractivity contribution in [3.05, 3.63) is 75.6 Å². The molecule has 2 aliphatic heterocycles. The van der Waals surface area contributed by atoms with E-state index < -0.39 is 11.6 Å². The van der Waals surface area contributed by atoms with E-state index in [0.29, 0.717) is 12.2 Å². The van der Waals surface area contributed by atoms with Gasteiger partial charge in [0.15, 0.2) is 0 Å². The third-order valence-corrected chi connectivity index (χ3v) is 5.79. The third kappa shape index (κ3) is 1.98. The Hall–Kier alpha value is -3.25. The molecule has 0 aliphatic carbocycles. The monoisotopic (exact) mass is 374 g/mol. The number of hydrogen-bond donors (Lipinski definition) is 1. The number of fused-ring (bicyclic) bond motifs is 5. The number of carbonyl (C=O) groups is 1. The molecule has 0 radical (unpaired) electrons. The quantitative estimate of drug-likeness (QED) is 0.430. The molecule has 6 heteroatoms. The van der Waals surface area contributed by atoms with Gasteiger partial charge in [-0.15, -0.1) is 0 Å². The van der Waals surface area contributed by atoms with Gasteiger partial charge in [-0.1, -0.05) is 31.7 Å². The first-order valence-corrected chi connectivity index (χ1v) is 9.20. The van der Waals surface area contributed by atoms with E-state index in [4.69, 9.17) is 9.72 Å². The first kappa shape index (κ1) is 16.9. The molecule has 6 nitrogen and oxygen atoms in total. The van der Waals surface area contributed by atoms with Crippen molar-refractivity contribution in [3.63, 3.8) is 0 Å². The van der Waals surface area contributed by atoms with Crippen LogP contribution in [0.5, 0.6) is 0 Å². The summed E-state index contributed by atoms with van der Waals surface area (Å²) in [6, 6.07) is 9.59. The first-order valence-electron chi connectivity index (χ1n) is 9.20. The smallest absolute Gasteiger partial charge is 0.347 e. The standard InChI is InChI=1S/C22H18N2O4/c1-3-12-13-7-5-6-8-17(13)23-19-14(12)10-24-18(19)9-16-15(20(24)25)11-28-21(26)22(16,27)4-2/h4-9,27H,2-3,10-11H2,1H3/t22-/m0/s1. The molecular formula is C22H18N2O4. The normalized spacial score (nSPS) is 19.7. The van der Waals surface area contributed by atoms with Gasteiger partial charge in [-0.2, -0.15) is 0 Å². The van der Waals surface area contributed by atoms with E-state index in [1.165, 1.54) is 0 Å². The van der Waals surface area contributed by atoms with Crippen LogP contribution in [-0.4, -0.2) is 20.6 Å². The molecule has 0 unspecified atom stereocenters. The summed E-state index contributed by atoms with van der Waals surface area (Å²) in [5, 5.41) is 11.9. The number of nitrogens with zero attached hydrogens (tertiary/aromatic N) is 2. The van der Waals surface area contributed by atoms with E-state index in [-0.39, 0.29) is 23.3 Å². The molecule has 1 atom stereocenters. The highest BCUT2D eigenvalue weighted by atomic mass is 16.6. The van der Waals surface area contributed by atoms with E-state index in [1.54, 1.807) is 10.6 Å². The maximum absolute atomic E-state index is 13.2. The molecule has 1 aromatic carbocycles. The highest BCUT2D eigenvalue weighted by Gasteiger charge is 2.44. The second kappa shape index (κ2) is 5.62. The number of para-hydroxylation sites is 1. The molecule has 2 aromatic heterocycles. The first-order chi connectivity index (χ1) is 13.5. The zero-order chi connectivity index (χ0) is 19.6. The minimum atomic E-state index is -2.03. The summed E-state index contributed by atoms with van der Waals surface area (Å²) < 4.78 is 6.70. The summed E-state index contributed by atoms with van der Waals surface area (Å²) >= 11 is 0. The van der Waals surface area contributed by atoms with Gasteiger partial charge in [0.05, 0.1) is 29.0 Å². The van der Waals surface area contributed by atoms with Crippen LogP contribution in [0.4, 0.5) is 0 Å². The summed E-state index contributed by atoms with van der Waals surface area (Å²) in [5.74, 6) is -0.821. The molecule has 1 N–H and O–H groups in total. The van der Waals surface area contributed by atoms with Crippen molar-refractivity contribution < 1.29 is 14.6 Å². The Morgan fingerprint density at radius 1 is 1.32 bits per heavy atom. The summed E-state index contributed by atoms with van der Waals surface area (Å²) in [5.41, 5.74) is 2.56. The molecule has 0 spiro atoms. The number of aliphatic hydroxyl groups is 1. The molecule has 3 aromatic rings. The summed E-state index contributed by atoms with van der Waals surface area (Å²) in [4.78, 5) is 30.2. The van der Waals surface area contributed by atoms with Crippen molar-refractivity contribution in [2.75, 3.05) is 0 Å². The number of aryl methyl sites for hydroxylation is 1. The van der Waals surface area contributed by atoms with Crippen LogP contribution in [-0.2, 0) is 34.7 Å². The number of ether oxygens (including phenoxy) is 1. The lowest BCUT2D eigenvalue weighted by atomic mass is 9.88. The van der Waals surface area contributed by atoms with E-state index in [1.807, 2.05) is 24.3 Å². The lowest BCUT2D eigenvalue weighted by molar-refractivity contribution is -0.165. The average molecular weight is 374 g/mol. The van der Waals surface area contributed by atoms with Crippen LogP contribution < -0.4 is 5.56 Å². The number of rotatable bonds is 2. The SMILES string of the molecule is C=C[C@@]1(O)C(=O)OCc2c1cc1n(c2=O)Cc2c-1nc1ccccc1c2CC. The number of aromatic nitrogens is 2. The van der Waals surface area contributed by atoms with Gasteiger partial charge in [-0.05, 0) is 30.2 Å². The van der Waals surface area contributed by atoms with Crippen LogP contribution in [0.25, 0.3) is 22.3 Å². The Bertz CT molecular complexity index is 1260. The molecule has 140 valence electrons. The van der Waals surface area contributed by atoms with Gasteiger partial charge in [-0.25, -0.2) is 9.78 Å². The van der Waals surface area contributed by atoms with Crippen LogP contribution in [0.1, 0.15) is 29.2 Å². The van der Waals surface area contributed by atoms with Crippen molar-refractivity contribution in [2.24, 2.45) is 0 Å².